The molecule has 1 N–H and O–H groups in total. The number of hydrogen-bond acceptors (Lipinski definition) is 2. The molecule has 4 saturated carbocycles. The van der Waals surface area contributed by atoms with E-state index in [9.17, 15) is 18.4 Å². The molecule has 6 rings (SSSR count). The lowest BCUT2D eigenvalue weighted by atomic mass is 9.49. The molecule has 6 heteroatoms. The lowest BCUT2D eigenvalue weighted by molar-refractivity contribution is -0.160. The van der Waals surface area contributed by atoms with E-state index in [0.717, 1.165) is 37.8 Å². The average Bonchev–Trinajstić information content (AvgIpc) is 3.18. The van der Waals surface area contributed by atoms with Gasteiger partial charge in [0.05, 0.1) is 11.5 Å². The summed E-state index contributed by atoms with van der Waals surface area (Å²) < 4.78 is 26.8. The smallest absolute Gasteiger partial charge is 0.243 e. The molecule has 2 atom stereocenters. The highest BCUT2D eigenvalue weighted by Crippen LogP contribution is 2.60. The zero-order valence-electron chi connectivity index (χ0n) is 17.5. The van der Waals surface area contributed by atoms with Crippen LogP contribution in [0.2, 0.25) is 0 Å². The van der Waals surface area contributed by atoms with Crippen LogP contribution in [0.15, 0.2) is 18.2 Å². The van der Waals surface area contributed by atoms with Crippen molar-refractivity contribution in [3.63, 3.8) is 0 Å². The van der Waals surface area contributed by atoms with Gasteiger partial charge in [0.1, 0.15) is 6.04 Å². The standard InChI is InChI=1S/C24H30F2N2O2/c1-14(18-4-5-19(25)20(26)10-18)27-22(29)21-3-2-6-28(21)23(30)24-11-15-7-16(12-24)9-17(8-15)13-24/h4-5,10,14-17,21H,2-3,6-9,11-13H2,1H3,(H,27,29). The lowest BCUT2D eigenvalue weighted by Crippen LogP contribution is -2.57. The summed E-state index contributed by atoms with van der Waals surface area (Å²) in [6, 6.07) is 2.76. The topological polar surface area (TPSA) is 49.4 Å². The molecule has 0 radical (unpaired) electrons. The fourth-order valence-corrected chi connectivity index (χ4v) is 7.13. The van der Waals surface area contributed by atoms with Gasteiger partial charge in [0.15, 0.2) is 11.6 Å². The van der Waals surface area contributed by atoms with Crippen LogP contribution >= 0.6 is 0 Å². The van der Waals surface area contributed by atoms with Gasteiger partial charge in [-0.25, -0.2) is 8.78 Å². The predicted octanol–water partition coefficient (Wildman–Crippen LogP) is 4.35. The Morgan fingerprint density at radius 3 is 2.30 bits per heavy atom. The summed E-state index contributed by atoms with van der Waals surface area (Å²) in [7, 11) is 0. The van der Waals surface area contributed by atoms with E-state index in [4.69, 9.17) is 0 Å². The molecule has 1 aromatic rings. The average molecular weight is 417 g/mol. The minimum absolute atomic E-state index is 0.192. The number of carbonyl (C=O) groups is 2. The number of amides is 2. The Bertz CT molecular complexity index is 835. The van der Waals surface area contributed by atoms with E-state index in [1.165, 1.54) is 25.3 Å². The molecule has 0 spiro atoms. The molecule has 1 aromatic carbocycles. The van der Waals surface area contributed by atoms with Crippen LogP contribution in [0.25, 0.3) is 0 Å². The van der Waals surface area contributed by atoms with Crippen molar-refractivity contribution < 1.29 is 18.4 Å². The third kappa shape index (κ3) is 3.32. The summed E-state index contributed by atoms with van der Waals surface area (Å²) in [5.41, 5.74) is 0.266. The number of benzene rings is 1. The summed E-state index contributed by atoms with van der Waals surface area (Å²) in [6.07, 6.45) is 8.31. The highest BCUT2D eigenvalue weighted by molar-refractivity contribution is 5.91. The second-order valence-corrected chi connectivity index (χ2v) is 10.3. The number of nitrogens with one attached hydrogen (secondary N) is 1. The van der Waals surface area contributed by atoms with Crippen molar-refractivity contribution in [2.75, 3.05) is 6.54 Å². The van der Waals surface area contributed by atoms with Gasteiger partial charge >= 0.3 is 0 Å². The first-order valence-corrected chi connectivity index (χ1v) is 11.4. The maximum atomic E-state index is 13.7. The van der Waals surface area contributed by atoms with Crippen LogP contribution in [0.1, 0.15) is 69.9 Å². The number of nitrogens with zero attached hydrogens (tertiary/aromatic N) is 1. The van der Waals surface area contributed by atoms with Crippen LogP contribution in [-0.4, -0.2) is 29.3 Å². The van der Waals surface area contributed by atoms with Crippen molar-refractivity contribution in [3.8, 4) is 0 Å². The third-order valence-electron chi connectivity index (χ3n) is 8.11. The van der Waals surface area contributed by atoms with E-state index < -0.39 is 23.7 Å². The summed E-state index contributed by atoms with van der Waals surface area (Å²) in [6.45, 7) is 2.39. The van der Waals surface area contributed by atoms with Gasteiger partial charge in [-0.1, -0.05) is 6.07 Å². The quantitative estimate of drug-likeness (QED) is 0.793. The molecule has 4 aliphatic carbocycles. The van der Waals surface area contributed by atoms with E-state index in [-0.39, 0.29) is 17.2 Å². The molecule has 2 amide bonds. The first kappa shape index (κ1) is 20.0. The maximum absolute atomic E-state index is 13.7. The predicted molar refractivity (Wildman–Crippen MR) is 108 cm³/mol. The summed E-state index contributed by atoms with van der Waals surface area (Å²) >= 11 is 0. The molecular weight excluding hydrogens is 386 g/mol. The molecule has 30 heavy (non-hydrogen) atoms. The zero-order chi connectivity index (χ0) is 21.0. The highest BCUT2D eigenvalue weighted by Gasteiger charge is 2.56. The molecule has 4 bridgehead atoms. The van der Waals surface area contributed by atoms with Gasteiger partial charge in [-0.2, -0.15) is 0 Å². The molecule has 5 aliphatic rings. The van der Waals surface area contributed by atoms with Gasteiger partial charge in [-0.15, -0.1) is 0 Å². The number of carbonyl (C=O) groups excluding carboxylic acids is 2. The Kier molecular flexibility index (Phi) is 4.86. The van der Waals surface area contributed by atoms with Crippen LogP contribution < -0.4 is 5.32 Å². The maximum Gasteiger partial charge on any atom is 0.243 e. The van der Waals surface area contributed by atoms with Crippen molar-refractivity contribution in [2.24, 2.45) is 23.2 Å². The fourth-order valence-electron chi connectivity index (χ4n) is 7.13. The molecular formula is C24H30F2N2O2. The molecule has 1 aliphatic heterocycles. The van der Waals surface area contributed by atoms with Gasteiger partial charge in [0.2, 0.25) is 11.8 Å². The van der Waals surface area contributed by atoms with E-state index in [1.54, 1.807) is 6.92 Å². The third-order valence-corrected chi connectivity index (χ3v) is 8.11. The molecule has 162 valence electrons. The summed E-state index contributed by atoms with van der Waals surface area (Å²) in [5.74, 6) is 0.228. The number of hydrogen-bond donors (Lipinski definition) is 1. The van der Waals surface area contributed by atoms with E-state index >= 15 is 0 Å². The Balaban J connectivity index is 1.29. The van der Waals surface area contributed by atoms with Crippen molar-refractivity contribution in [1.29, 1.82) is 0 Å². The monoisotopic (exact) mass is 416 g/mol. The van der Waals surface area contributed by atoms with E-state index in [0.29, 0.717) is 36.3 Å². The lowest BCUT2D eigenvalue weighted by Gasteiger charge is -2.56. The largest absolute Gasteiger partial charge is 0.348 e. The van der Waals surface area contributed by atoms with Gasteiger partial charge in [-0.3, -0.25) is 9.59 Å². The van der Waals surface area contributed by atoms with Crippen LogP contribution in [-0.2, 0) is 9.59 Å². The summed E-state index contributed by atoms with van der Waals surface area (Å²) in [4.78, 5) is 28.6. The van der Waals surface area contributed by atoms with Gasteiger partial charge in [0.25, 0.3) is 0 Å². The Morgan fingerprint density at radius 2 is 1.70 bits per heavy atom. The SMILES string of the molecule is CC(NC(=O)C1CCCN1C(=O)C12CC3CC(CC(C3)C1)C2)c1ccc(F)c(F)c1. The van der Waals surface area contributed by atoms with Crippen molar-refractivity contribution in [2.45, 2.75) is 70.4 Å². The van der Waals surface area contributed by atoms with E-state index in [2.05, 4.69) is 5.32 Å². The molecule has 2 unspecified atom stereocenters. The minimum Gasteiger partial charge on any atom is -0.348 e. The minimum atomic E-state index is -0.923. The van der Waals surface area contributed by atoms with Crippen LogP contribution in [0.4, 0.5) is 8.78 Å². The molecule has 5 fully saturated rings. The number of rotatable bonds is 4. The number of likely N-dealkylation sites (tertiary alicyclic amines) is 1. The van der Waals surface area contributed by atoms with Crippen molar-refractivity contribution >= 4 is 11.8 Å². The Hall–Kier alpha value is -1.98. The van der Waals surface area contributed by atoms with Crippen molar-refractivity contribution in [1.82, 2.24) is 10.2 Å². The molecule has 1 heterocycles. The second-order valence-electron chi connectivity index (χ2n) is 10.3. The van der Waals surface area contributed by atoms with E-state index in [1.807, 2.05) is 4.90 Å². The van der Waals surface area contributed by atoms with Crippen LogP contribution in [0, 0.1) is 34.8 Å². The Labute approximate surface area is 176 Å². The highest BCUT2D eigenvalue weighted by atomic mass is 19.2. The Morgan fingerprint density at radius 1 is 1.07 bits per heavy atom. The first-order chi connectivity index (χ1) is 14.3. The molecule has 0 aromatic heterocycles. The zero-order valence-corrected chi connectivity index (χ0v) is 17.5. The van der Waals surface area contributed by atoms with Crippen molar-refractivity contribution in [3.05, 3.63) is 35.4 Å². The normalized spacial score (nSPS) is 35.5. The second kappa shape index (κ2) is 7.31. The van der Waals surface area contributed by atoms with Gasteiger partial charge < -0.3 is 10.2 Å². The van der Waals surface area contributed by atoms with Crippen LogP contribution in [0.5, 0.6) is 0 Å². The van der Waals surface area contributed by atoms with Gasteiger partial charge in [-0.05, 0) is 93.7 Å². The fraction of sp³-hybridized carbons (Fsp3) is 0.667. The van der Waals surface area contributed by atoms with Crippen LogP contribution in [0.3, 0.4) is 0 Å². The molecule has 1 saturated heterocycles. The summed E-state index contributed by atoms with van der Waals surface area (Å²) in [5, 5.41) is 2.92. The number of halogens is 2. The first-order valence-electron chi connectivity index (χ1n) is 11.4. The van der Waals surface area contributed by atoms with Gasteiger partial charge in [0, 0.05) is 6.54 Å². The molecule has 4 nitrogen and oxygen atoms in total.